The van der Waals surface area contributed by atoms with E-state index in [0.29, 0.717) is 5.75 Å². The van der Waals surface area contributed by atoms with Crippen molar-refractivity contribution in [2.45, 2.75) is 6.42 Å². The van der Waals surface area contributed by atoms with Gasteiger partial charge in [-0.2, -0.15) is 0 Å². The minimum Gasteiger partial charge on any atom is -0.456 e. The highest BCUT2D eigenvalue weighted by Crippen LogP contribution is 2.38. The maximum atomic E-state index is 12.2. The van der Waals surface area contributed by atoms with E-state index in [2.05, 4.69) is 20.6 Å². The molecule has 0 unspecified atom stereocenters. The summed E-state index contributed by atoms with van der Waals surface area (Å²) in [6.07, 6.45) is 5.70. The Balaban J connectivity index is 1.23. The van der Waals surface area contributed by atoms with Crippen molar-refractivity contribution in [3.63, 3.8) is 0 Å². The van der Waals surface area contributed by atoms with Crippen molar-refractivity contribution in [1.29, 1.82) is 0 Å². The molecule has 0 atom stereocenters. The summed E-state index contributed by atoms with van der Waals surface area (Å²) in [6, 6.07) is 20.8. The summed E-state index contributed by atoms with van der Waals surface area (Å²) in [5, 5.41) is 5.98. The summed E-state index contributed by atoms with van der Waals surface area (Å²) in [5.74, 6) is 2.12. The van der Waals surface area contributed by atoms with E-state index in [1.54, 1.807) is 23.7 Å². The molecular formula is C26H21N5O2S2. The highest BCUT2D eigenvalue weighted by molar-refractivity contribution is 7.80. The Morgan fingerprint density at radius 3 is 2.60 bits per heavy atom. The number of thiocarbonyl (C=S) groups is 1. The fraction of sp³-hybridized carbons (Fsp3) is 0.0769. The van der Waals surface area contributed by atoms with E-state index in [9.17, 15) is 4.79 Å². The lowest BCUT2D eigenvalue weighted by molar-refractivity contribution is -0.119. The molecule has 0 aliphatic carbocycles. The predicted octanol–water partition coefficient (Wildman–Crippen LogP) is 5.54. The second kappa shape index (κ2) is 10.0. The summed E-state index contributed by atoms with van der Waals surface area (Å²) in [5.41, 5.74) is 2.54. The van der Waals surface area contributed by atoms with E-state index in [0.717, 1.165) is 37.9 Å². The number of ether oxygens (including phenoxy) is 1. The van der Waals surface area contributed by atoms with Crippen molar-refractivity contribution in [1.82, 2.24) is 19.9 Å². The molecule has 1 amide bonds. The molecule has 0 aliphatic rings. The Hall–Kier alpha value is -4.08. The number of imidazole rings is 1. The lowest BCUT2D eigenvalue weighted by atomic mass is 10.1. The first-order valence-electron chi connectivity index (χ1n) is 10.8. The van der Waals surface area contributed by atoms with Gasteiger partial charge in [-0.15, -0.1) is 11.3 Å². The fourth-order valence-electron chi connectivity index (χ4n) is 3.56. The van der Waals surface area contributed by atoms with Crippen LogP contribution in [0, 0.1) is 0 Å². The molecule has 0 saturated heterocycles. The number of rotatable bonds is 6. The molecule has 0 saturated carbocycles. The Bertz CT molecular complexity index is 1490. The van der Waals surface area contributed by atoms with Crippen molar-refractivity contribution >= 4 is 50.5 Å². The van der Waals surface area contributed by atoms with Crippen molar-refractivity contribution in [3.8, 4) is 22.2 Å². The molecule has 5 aromatic rings. The van der Waals surface area contributed by atoms with Gasteiger partial charge in [-0.05, 0) is 48.1 Å². The molecular weight excluding hydrogens is 478 g/mol. The van der Waals surface area contributed by atoms with Crippen molar-refractivity contribution in [2.75, 3.05) is 5.32 Å². The molecule has 0 aliphatic heterocycles. The average Bonchev–Trinajstić information content (AvgIpc) is 3.47. The summed E-state index contributed by atoms with van der Waals surface area (Å²) >= 11 is 6.87. The van der Waals surface area contributed by atoms with E-state index in [4.69, 9.17) is 17.0 Å². The number of aromatic nitrogens is 3. The van der Waals surface area contributed by atoms with Crippen LogP contribution < -0.4 is 15.4 Å². The van der Waals surface area contributed by atoms with Gasteiger partial charge in [0.1, 0.15) is 17.3 Å². The number of pyridine rings is 1. The Kier molecular flexibility index (Phi) is 6.51. The highest BCUT2D eigenvalue weighted by atomic mass is 32.1. The van der Waals surface area contributed by atoms with Crippen LogP contribution >= 0.6 is 23.6 Å². The van der Waals surface area contributed by atoms with Crippen LogP contribution in [0.5, 0.6) is 11.5 Å². The maximum Gasteiger partial charge on any atom is 0.230 e. The zero-order chi connectivity index (χ0) is 24.2. The highest BCUT2D eigenvalue weighted by Gasteiger charge is 2.13. The largest absolute Gasteiger partial charge is 0.456 e. The van der Waals surface area contributed by atoms with E-state index in [1.165, 1.54) is 0 Å². The van der Waals surface area contributed by atoms with Gasteiger partial charge in [-0.1, -0.05) is 30.3 Å². The minimum absolute atomic E-state index is 0.170. The first kappa shape index (κ1) is 22.7. The summed E-state index contributed by atoms with van der Waals surface area (Å²) < 4.78 is 9.09. The quantitative estimate of drug-likeness (QED) is 0.298. The first-order valence-corrected chi connectivity index (χ1v) is 12.1. The lowest BCUT2D eigenvalue weighted by Gasteiger charge is -2.11. The third-order valence-corrected chi connectivity index (χ3v) is 6.56. The summed E-state index contributed by atoms with van der Waals surface area (Å²) in [4.78, 5) is 22.1. The number of carbonyl (C=O) groups is 1. The third-order valence-electron chi connectivity index (χ3n) is 5.22. The van der Waals surface area contributed by atoms with Crippen LogP contribution in [0.15, 0.2) is 85.3 Å². The Morgan fingerprint density at radius 1 is 1.06 bits per heavy atom. The molecule has 0 radical (unpaired) electrons. The number of anilines is 1. The van der Waals surface area contributed by atoms with Gasteiger partial charge < -0.3 is 19.9 Å². The van der Waals surface area contributed by atoms with Crippen molar-refractivity contribution < 1.29 is 9.53 Å². The third kappa shape index (κ3) is 5.37. The van der Waals surface area contributed by atoms with Crippen LogP contribution in [0.2, 0.25) is 0 Å². The molecule has 0 spiro atoms. The van der Waals surface area contributed by atoms with Crippen LogP contribution in [0.1, 0.15) is 5.56 Å². The molecule has 7 nitrogen and oxygen atoms in total. The van der Waals surface area contributed by atoms with Crippen molar-refractivity contribution in [3.05, 3.63) is 90.9 Å². The van der Waals surface area contributed by atoms with Gasteiger partial charge in [-0.25, -0.2) is 4.98 Å². The topological polar surface area (TPSA) is 81.1 Å². The Labute approximate surface area is 211 Å². The summed E-state index contributed by atoms with van der Waals surface area (Å²) in [7, 11) is 1.97. The van der Waals surface area contributed by atoms with Gasteiger partial charge in [0.05, 0.1) is 21.5 Å². The van der Waals surface area contributed by atoms with E-state index >= 15 is 0 Å². The summed E-state index contributed by atoms with van der Waals surface area (Å²) in [6.45, 7) is 0. The van der Waals surface area contributed by atoms with Gasteiger partial charge >= 0.3 is 0 Å². The van der Waals surface area contributed by atoms with Crippen LogP contribution in [-0.4, -0.2) is 25.6 Å². The molecule has 2 aromatic carbocycles. The zero-order valence-electron chi connectivity index (χ0n) is 18.8. The predicted molar refractivity (Wildman–Crippen MR) is 143 cm³/mol. The molecule has 35 heavy (non-hydrogen) atoms. The number of nitrogens with zero attached hydrogens (tertiary/aromatic N) is 3. The van der Waals surface area contributed by atoms with Crippen LogP contribution in [-0.2, 0) is 18.3 Å². The average molecular weight is 500 g/mol. The lowest BCUT2D eigenvalue weighted by Crippen LogP contribution is -2.35. The van der Waals surface area contributed by atoms with E-state index in [1.807, 2.05) is 84.5 Å². The molecule has 9 heteroatoms. The number of hydrogen-bond donors (Lipinski definition) is 2. The van der Waals surface area contributed by atoms with E-state index < -0.39 is 0 Å². The van der Waals surface area contributed by atoms with Crippen LogP contribution in [0.25, 0.3) is 20.9 Å². The standard InChI is InChI=1S/C26H21N5O2S2/c1-31-14-13-28-25(31)22-16-20-24(35-22)21(11-12-27-20)33-19-9-7-18(8-10-19)29-26(34)30-23(32)15-17-5-3-2-4-6-17/h2-14,16H,15H2,1H3,(H2,29,30,32,34). The van der Waals surface area contributed by atoms with Gasteiger partial charge in [-0.3, -0.25) is 9.78 Å². The zero-order valence-corrected chi connectivity index (χ0v) is 20.4. The number of nitrogens with one attached hydrogen (secondary N) is 2. The monoisotopic (exact) mass is 499 g/mol. The van der Waals surface area contributed by atoms with Gasteiger partial charge in [0.25, 0.3) is 0 Å². The number of thiophene rings is 1. The molecule has 3 heterocycles. The van der Waals surface area contributed by atoms with Crippen LogP contribution in [0.3, 0.4) is 0 Å². The number of amides is 1. The normalized spacial score (nSPS) is 10.8. The molecule has 0 fully saturated rings. The van der Waals surface area contributed by atoms with Gasteiger partial charge in [0.2, 0.25) is 5.91 Å². The molecule has 3 aromatic heterocycles. The fourth-order valence-corrected chi connectivity index (χ4v) is 4.89. The van der Waals surface area contributed by atoms with Gasteiger partial charge in [0.15, 0.2) is 5.11 Å². The maximum absolute atomic E-state index is 12.2. The Morgan fingerprint density at radius 2 is 1.86 bits per heavy atom. The van der Waals surface area contributed by atoms with E-state index in [-0.39, 0.29) is 17.4 Å². The number of aryl methyl sites for hydroxylation is 1. The number of benzene rings is 2. The molecule has 174 valence electrons. The number of carbonyl (C=O) groups excluding carboxylic acids is 1. The molecule has 0 bridgehead atoms. The number of fused-ring (bicyclic) bond motifs is 1. The van der Waals surface area contributed by atoms with Crippen molar-refractivity contribution in [2.24, 2.45) is 7.05 Å². The minimum atomic E-state index is -0.170. The smallest absolute Gasteiger partial charge is 0.230 e. The van der Waals surface area contributed by atoms with Gasteiger partial charge in [0, 0.05) is 37.4 Å². The molecule has 5 rings (SSSR count). The second-order valence-corrected chi connectivity index (χ2v) is 9.25. The second-order valence-electron chi connectivity index (χ2n) is 7.79. The van der Waals surface area contributed by atoms with Crippen LogP contribution in [0.4, 0.5) is 5.69 Å². The first-order chi connectivity index (χ1) is 17.0. The number of hydrogen-bond acceptors (Lipinski definition) is 6. The molecule has 2 N–H and O–H groups in total. The SMILES string of the molecule is Cn1ccnc1-c1cc2nccc(Oc3ccc(NC(=S)NC(=O)Cc4ccccc4)cc3)c2s1.